The Labute approximate surface area is 164 Å². The maximum atomic E-state index is 13.5. The van der Waals surface area contributed by atoms with E-state index in [4.69, 9.17) is 0 Å². The molecule has 0 amide bonds. The van der Waals surface area contributed by atoms with Crippen molar-refractivity contribution < 1.29 is 4.39 Å². The van der Waals surface area contributed by atoms with Gasteiger partial charge in [-0.05, 0) is 35.4 Å². The Kier molecular flexibility index (Phi) is 6.03. The van der Waals surface area contributed by atoms with E-state index in [0.29, 0.717) is 19.0 Å². The molecule has 1 heterocycles. The normalized spacial score (nSPS) is 12.1. The van der Waals surface area contributed by atoms with Gasteiger partial charge < -0.3 is 10.6 Å². The van der Waals surface area contributed by atoms with Crippen LogP contribution in [0.5, 0.6) is 0 Å². The molecule has 0 bridgehead atoms. The Bertz CT molecular complexity index is 916. The molecule has 0 aliphatic heterocycles. The van der Waals surface area contributed by atoms with Crippen molar-refractivity contribution in [3.63, 3.8) is 0 Å². The largest absolute Gasteiger partial charge is 0.356 e. The number of aliphatic imine (C=N–C) groups is 1. The van der Waals surface area contributed by atoms with Crippen molar-refractivity contribution in [2.24, 2.45) is 4.99 Å². The molecule has 0 unspecified atom stereocenters. The van der Waals surface area contributed by atoms with Crippen molar-refractivity contribution in [3.05, 3.63) is 78.1 Å². The number of halogens is 1. The first-order valence-electron chi connectivity index (χ1n) is 9.12. The molecule has 0 saturated carbocycles. The van der Waals surface area contributed by atoms with Crippen LogP contribution in [-0.2, 0) is 12.0 Å². The summed E-state index contributed by atoms with van der Waals surface area (Å²) in [7, 11) is 1.73. The standard InChI is InChI=1S/C21H25FN6/c1-21(2,17-5-4-6-18(22)11-17)13-26-20(23-3)25-12-16-7-9-19(10-8-16)28-15-24-14-27-28/h4-11,14-15H,12-13H2,1-3H3,(H2,23,25,26). The smallest absolute Gasteiger partial charge is 0.191 e. The Morgan fingerprint density at radius 1 is 1.14 bits per heavy atom. The summed E-state index contributed by atoms with van der Waals surface area (Å²) in [6.45, 7) is 5.41. The number of hydrogen-bond donors (Lipinski definition) is 2. The maximum Gasteiger partial charge on any atom is 0.191 e. The molecular formula is C21H25FN6. The van der Waals surface area contributed by atoms with Crippen LogP contribution in [0.1, 0.15) is 25.0 Å². The summed E-state index contributed by atoms with van der Waals surface area (Å²) in [5, 5.41) is 10.7. The first-order valence-corrected chi connectivity index (χ1v) is 9.12. The zero-order valence-electron chi connectivity index (χ0n) is 16.4. The van der Waals surface area contributed by atoms with Gasteiger partial charge in [-0.25, -0.2) is 14.1 Å². The highest BCUT2D eigenvalue weighted by molar-refractivity contribution is 5.79. The minimum absolute atomic E-state index is 0.220. The molecule has 0 atom stereocenters. The van der Waals surface area contributed by atoms with Crippen LogP contribution in [0, 0.1) is 5.82 Å². The molecule has 0 saturated heterocycles. The molecule has 146 valence electrons. The lowest BCUT2D eigenvalue weighted by molar-refractivity contribution is 0.503. The molecular weight excluding hydrogens is 355 g/mol. The van der Waals surface area contributed by atoms with Crippen LogP contribution in [0.2, 0.25) is 0 Å². The molecule has 2 aromatic carbocycles. The van der Waals surface area contributed by atoms with Gasteiger partial charge in [0.15, 0.2) is 5.96 Å². The average molecular weight is 380 g/mol. The van der Waals surface area contributed by atoms with Crippen LogP contribution < -0.4 is 10.6 Å². The van der Waals surface area contributed by atoms with E-state index in [9.17, 15) is 4.39 Å². The summed E-state index contributed by atoms with van der Waals surface area (Å²) in [5.74, 6) is 0.479. The fourth-order valence-electron chi connectivity index (χ4n) is 2.83. The SMILES string of the molecule is CN=C(NCc1ccc(-n2cncn2)cc1)NCC(C)(C)c1cccc(F)c1. The summed E-state index contributed by atoms with van der Waals surface area (Å²) in [6, 6.07) is 14.8. The van der Waals surface area contributed by atoms with Gasteiger partial charge in [-0.1, -0.05) is 38.1 Å². The van der Waals surface area contributed by atoms with Crippen LogP contribution in [-0.4, -0.2) is 34.3 Å². The molecule has 0 aliphatic carbocycles. The van der Waals surface area contributed by atoms with Gasteiger partial charge in [0.25, 0.3) is 0 Å². The Morgan fingerprint density at radius 2 is 1.93 bits per heavy atom. The van der Waals surface area contributed by atoms with Crippen LogP contribution in [0.3, 0.4) is 0 Å². The van der Waals surface area contributed by atoms with E-state index in [-0.39, 0.29) is 11.2 Å². The second kappa shape index (κ2) is 8.65. The fraction of sp³-hybridized carbons (Fsp3) is 0.286. The van der Waals surface area contributed by atoms with Gasteiger partial charge in [-0.3, -0.25) is 4.99 Å². The van der Waals surface area contributed by atoms with E-state index < -0.39 is 0 Å². The zero-order chi connectivity index (χ0) is 20.0. The highest BCUT2D eigenvalue weighted by atomic mass is 19.1. The highest BCUT2D eigenvalue weighted by Gasteiger charge is 2.21. The predicted octanol–water partition coefficient (Wildman–Crippen LogP) is 3.05. The number of benzene rings is 2. The quantitative estimate of drug-likeness (QED) is 0.510. The molecule has 28 heavy (non-hydrogen) atoms. The summed E-state index contributed by atoms with van der Waals surface area (Å²) in [4.78, 5) is 8.23. The lowest BCUT2D eigenvalue weighted by atomic mass is 9.84. The van der Waals surface area contributed by atoms with Crippen molar-refractivity contribution in [3.8, 4) is 5.69 Å². The Morgan fingerprint density at radius 3 is 2.57 bits per heavy atom. The Hall–Kier alpha value is -3.22. The number of rotatable bonds is 6. The van der Waals surface area contributed by atoms with Crippen LogP contribution >= 0.6 is 0 Å². The van der Waals surface area contributed by atoms with Crippen molar-refractivity contribution in [1.82, 2.24) is 25.4 Å². The third-order valence-corrected chi connectivity index (χ3v) is 4.61. The van der Waals surface area contributed by atoms with E-state index >= 15 is 0 Å². The van der Waals surface area contributed by atoms with Gasteiger partial charge in [0, 0.05) is 25.6 Å². The number of nitrogens with one attached hydrogen (secondary N) is 2. The molecule has 2 N–H and O–H groups in total. The van der Waals surface area contributed by atoms with Gasteiger partial charge in [0.05, 0.1) is 5.69 Å². The van der Waals surface area contributed by atoms with Crippen LogP contribution in [0.25, 0.3) is 5.69 Å². The average Bonchev–Trinajstić information content (AvgIpc) is 3.23. The number of aromatic nitrogens is 3. The monoisotopic (exact) mass is 380 g/mol. The number of hydrogen-bond acceptors (Lipinski definition) is 3. The second-order valence-electron chi connectivity index (χ2n) is 7.18. The number of guanidine groups is 1. The first kappa shape index (κ1) is 19.5. The van der Waals surface area contributed by atoms with E-state index in [1.165, 1.54) is 12.4 Å². The van der Waals surface area contributed by atoms with Gasteiger partial charge in [-0.2, -0.15) is 5.10 Å². The molecule has 0 fully saturated rings. The fourth-order valence-corrected chi connectivity index (χ4v) is 2.83. The molecule has 3 aromatic rings. The van der Waals surface area contributed by atoms with Crippen molar-refractivity contribution >= 4 is 5.96 Å². The predicted molar refractivity (Wildman–Crippen MR) is 109 cm³/mol. The molecule has 0 aliphatic rings. The van der Waals surface area contributed by atoms with Gasteiger partial charge in [0.1, 0.15) is 18.5 Å². The van der Waals surface area contributed by atoms with Crippen molar-refractivity contribution in [2.45, 2.75) is 25.8 Å². The van der Waals surface area contributed by atoms with Gasteiger partial charge >= 0.3 is 0 Å². The first-order chi connectivity index (χ1) is 13.5. The number of nitrogens with zero attached hydrogens (tertiary/aromatic N) is 4. The highest BCUT2D eigenvalue weighted by Crippen LogP contribution is 2.22. The van der Waals surface area contributed by atoms with Crippen molar-refractivity contribution in [1.29, 1.82) is 0 Å². The Balaban J connectivity index is 1.54. The summed E-state index contributed by atoms with van der Waals surface area (Å²) in [6.07, 6.45) is 3.18. The molecule has 3 rings (SSSR count). The topological polar surface area (TPSA) is 67.1 Å². The van der Waals surface area contributed by atoms with Crippen LogP contribution in [0.15, 0.2) is 66.2 Å². The maximum absolute atomic E-state index is 13.5. The van der Waals surface area contributed by atoms with E-state index in [2.05, 4.69) is 39.6 Å². The minimum Gasteiger partial charge on any atom is -0.356 e. The third-order valence-electron chi connectivity index (χ3n) is 4.61. The molecule has 1 aromatic heterocycles. The van der Waals surface area contributed by atoms with E-state index in [1.807, 2.05) is 30.3 Å². The minimum atomic E-state index is -0.237. The van der Waals surface area contributed by atoms with E-state index in [1.54, 1.807) is 30.2 Å². The molecule has 6 nitrogen and oxygen atoms in total. The van der Waals surface area contributed by atoms with Crippen molar-refractivity contribution in [2.75, 3.05) is 13.6 Å². The molecule has 0 radical (unpaired) electrons. The lowest BCUT2D eigenvalue weighted by Crippen LogP contribution is -2.43. The molecule has 0 spiro atoms. The summed E-state index contributed by atoms with van der Waals surface area (Å²) in [5.41, 5.74) is 2.79. The van der Waals surface area contributed by atoms with E-state index in [0.717, 1.165) is 16.8 Å². The molecule has 7 heteroatoms. The third kappa shape index (κ3) is 4.94. The summed E-state index contributed by atoms with van der Waals surface area (Å²) < 4.78 is 15.2. The van der Waals surface area contributed by atoms with Gasteiger partial charge in [-0.15, -0.1) is 0 Å². The van der Waals surface area contributed by atoms with Gasteiger partial charge in [0.2, 0.25) is 0 Å². The zero-order valence-corrected chi connectivity index (χ0v) is 16.4. The van der Waals surface area contributed by atoms with Crippen LogP contribution in [0.4, 0.5) is 4.39 Å². The second-order valence-corrected chi connectivity index (χ2v) is 7.18. The lowest BCUT2D eigenvalue weighted by Gasteiger charge is -2.27. The summed E-state index contributed by atoms with van der Waals surface area (Å²) >= 11 is 0.